The van der Waals surface area contributed by atoms with Gasteiger partial charge in [0.05, 0.1) is 11.5 Å². The van der Waals surface area contributed by atoms with Crippen LogP contribution in [0, 0.1) is 11.8 Å². The summed E-state index contributed by atoms with van der Waals surface area (Å²) < 4.78 is 26.7. The number of rotatable bonds is 5. The predicted molar refractivity (Wildman–Crippen MR) is 77.6 cm³/mol. The van der Waals surface area contributed by atoms with Crippen molar-refractivity contribution in [1.82, 2.24) is 4.31 Å². The van der Waals surface area contributed by atoms with Crippen molar-refractivity contribution in [2.24, 2.45) is 0 Å². The van der Waals surface area contributed by atoms with Crippen LogP contribution in [0.2, 0.25) is 0 Å². The third kappa shape index (κ3) is 3.40. The second-order valence-electron chi connectivity index (χ2n) is 4.74. The van der Waals surface area contributed by atoms with Crippen molar-refractivity contribution in [3.63, 3.8) is 0 Å². The summed E-state index contributed by atoms with van der Waals surface area (Å²) in [6.07, 6.45) is 2.28. The minimum Gasteiger partial charge on any atom is -0.395 e. The van der Waals surface area contributed by atoms with Gasteiger partial charge in [0.1, 0.15) is 0 Å². The van der Waals surface area contributed by atoms with Crippen molar-refractivity contribution in [2.75, 3.05) is 13.2 Å². The van der Waals surface area contributed by atoms with Crippen LogP contribution >= 0.6 is 0 Å². The number of hydrogen-bond acceptors (Lipinski definition) is 3. The van der Waals surface area contributed by atoms with E-state index in [1.165, 1.54) is 0 Å². The Morgan fingerprint density at radius 1 is 1.40 bits per heavy atom. The molecule has 5 heteroatoms. The minimum absolute atomic E-state index is 0.0102. The molecular formula is C15H19NO3S. The summed E-state index contributed by atoms with van der Waals surface area (Å²) >= 11 is 0. The van der Waals surface area contributed by atoms with Gasteiger partial charge in [0.25, 0.3) is 0 Å². The van der Waals surface area contributed by atoms with Crippen LogP contribution in [-0.2, 0) is 10.0 Å². The highest BCUT2D eigenvalue weighted by Gasteiger charge is 2.36. The lowest BCUT2D eigenvalue weighted by Crippen LogP contribution is -2.32. The van der Waals surface area contributed by atoms with E-state index in [-0.39, 0.29) is 12.6 Å². The monoisotopic (exact) mass is 293 g/mol. The minimum atomic E-state index is -3.42. The molecule has 0 aliphatic heterocycles. The van der Waals surface area contributed by atoms with Crippen molar-refractivity contribution in [3.8, 4) is 11.8 Å². The van der Waals surface area contributed by atoms with E-state index in [2.05, 4.69) is 11.8 Å². The molecule has 20 heavy (non-hydrogen) atoms. The Bertz CT molecular complexity index is 624. The number of benzene rings is 1. The highest BCUT2D eigenvalue weighted by atomic mass is 32.2. The molecule has 2 rings (SSSR count). The first-order valence-corrected chi connectivity index (χ1v) is 8.25. The fourth-order valence-corrected chi connectivity index (χ4v) is 3.82. The van der Waals surface area contributed by atoms with E-state index in [0.29, 0.717) is 23.4 Å². The van der Waals surface area contributed by atoms with Gasteiger partial charge in [-0.25, -0.2) is 8.42 Å². The second-order valence-corrected chi connectivity index (χ2v) is 6.63. The normalized spacial score (nSPS) is 14.9. The smallest absolute Gasteiger partial charge is 0.243 e. The molecule has 1 saturated carbocycles. The highest BCUT2D eigenvalue weighted by molar-refractivity contribution is 7.89. The highest BCUT2D eigenvalue weighted by Crippen LogP contribution is 2.31. The maximum absolute atomic E-state index is 12.6. The van der Waals surface area contributed by atoms with Gasteiger partial charge in [-0.2, -0.15) is 4.31 Å². The first kappa shape index (κ1) is 15.0. The van der Waals surface area contributed by atoms with E-state index in [9.17, 15) is 8.42 Å². The summed E-state index contributed by atoms with van der Waals surface area (Å²) in [5, 5.41) is 8.70. The number of hydrogen-bond donors (Lipinski definition) is 1. The summed E-state index contributed by atoms with van der Waals surface area (Å²) in [4.78, 5) is 0.294. The molecule has 1 aliphatic carbocycles. The van der Waals surface area contributed by atoms with Crippen LogP contribution in [-0.4, -0.2) is 37.0 Å². The van der Waals surface area contributed by atoms with E-state index in [0.717, 1.165) is 12.8 Å². The molecular weight excluding hydrogens is 274 g/mol. The summed E-state index contributed by atoms with van der Waals surface area (Å²) in [6, 6.07) is 6.85. The van der Waals surface area contributed by atoms with Gasteiger partial charge in [0.2, 0.25) is 10.0 Å². The standard InChI is InChI=1S/C15H19NO3S/c1-2-16(14-9-10-14)20(18,19)15-8-5-7-13(12-15)6-3-4-11-17/h5,7-8,12,14,17H,2,4,9-11H2,1H3. The van der Waals surface area contributed by atoms with Gasteiger partial charge in [-0.1, -0.05) is 24.8 Å². The van der Waals surface area contributed by atoms with Crippen LogP contribution in [0.3, 0.4) is 0 Å². The largest absolute Gasteiger partial charge is 0.395 e. The van der Waals surface area contributed by atoms with Crippen molar-refractivity contribution in [2.45, 2.75) is 37.1 Å². The van der Waals surface area contributed by atoms with E-state index < -0.39 is 10.0 Å². The fraction of sp³-hybridized carbons (Fsp3) is 0.467. The molecule has 0 amide bonds. The third-order valence-electron chi connectivity index (χ3n) is 3.18. The van der Waals surface area contributed by atoms with Gasteiger partial charge in [0, 0.05) is 24.6 Å². The first-order chi connectivity index (χ1) is 9.59. The topological polar surface area (TPSA) is 57.6 Å². The molecule has 0 bridgehead atoms. The van der Waals surface area contributed by atoms with Crippen molar-refractivity contribution in [3.05, 3.63) is 29.8 Å². The molecule has 0 atom stereocenters. The van der Waals surface area contributed by atoms with E-state index in [1.807, 2.05) is 6.92 Å². The molecule has 108 valence electrons. The van der Waals surface area contributed by atoms with Gasteiger partial charge in [-0.3, -0.25) is 0 Å². The average Bonchev–Trinajstić information content (AvgIpc) is 3.25. The van der Waals surface area contributed by atoms with Crippen LogP contribution in [0.4, 0.5) is 0 Å². The van der Waals surface area contributed by atoms with Gasteiger partial charge in [0.15, 0.2) is 0 Å². The zero-order chi connectivity index (χ0) is 14.6. The number of aliphatic hydroxyl groups excluding tert-OH is 1. The summed E-state index contributed by atoms with van der Waals surface area (Å²) in [5.74, 6) is 5.67. The Labute approximate surface area is 120 Å². The fourth-order valence-electron chi connectivity index (χ4n) is 2.08. The Balaban J connectivity index is 2.28. The van der Waals surface area contributed by atoms with Crippen LogP contribution in [0.15, 0.2) is 29.2 Å². The zero-order valence-electron chi connectivity index (χ0n) is 11.5. The molecule has 0 unspecified atom stereocenters. The molecule has 1 N–H and O–H groups in total. The molecule has 0 heterocycles. The Morgan fingerprint density at radius 3 is 2.75 bits per heavy atom. The molecule has 0 saturated heterocycles. The zero-order valence-corrected chi connectivity index (χ0v) is 12.4. The van der Waals surface area contributed by atoms with E-state index >= 15 is 0 Å². The lowest BCUT2D eigenvalue weighted by molar-refractivity contribution is 0.305. The van der Waals surface area contributed by atoms with Crippen molar-refractivity contribution >= 4 is 10.0 Å². The average molecular weight is 293 g/mol. The van der Waals surface area contributed by atoms with E-state index in [4.69, 9.17) is 5.11 Å². The second kappa shape index (κ2) is 6.40. The number of sulfonamides is 1. The summed E-state index contributed by atoms with van der Waals surface area (Å²) in [5.41, 5.74) is 0.659. The first-order valence-electron chi connectivity index (χ1n) is 6.81. The number of nitrogens with zero attached hydrogens (tertiary/aromatic N) is 1. The van der Waals surface area contributed by atoms with Gasteiger partial charge in [-0.05, 0) is 31.0 Å². The Kier molecular flexibility index (Phi) is 4.81. The molecule has 0 spiro atoms. The molecule has 1 aromatic rings. The SMILES string of the molecule is CCN(C1CC1)S(=O)(=O)c1cccc(C#CCCO)c1. The van der Waals surface area contributed by atoms with Gasteiger partial charge >= 0.3 is 0 Å². The molecule has 1 aromatic carbocycles. The van der Waals surface area contributed by atoms with Crippen LogP contribution in [0.1, 0.15) is 31.7 Å². The molecule has 0 aromatic heterocycles. The number of aliphatic hydroxyl groups is 1. The maximum atomic E-state index is 12.6. The van der Waals surface area contributed by atoms with Crippen LogP contribution in [0.5, 0.6) is 0 Å². The summed E-state index contributed by atoms with van der Waals surface area (Å²) in [7, 11) is -3.42. The molecule has 1 fully saturated rings. The van der Waals surface area contributed by atoms with Gasteiger partial charge in [-0.15, -0.1) is 0 Å². The van der Waals surface area contributed by atoms with Gasteiger partial charge < -0.3 is 5.11 Å². The lowest BCUT2D eigenvalue weighted by Gasteiger charge is -2.19. The maximum Gasteiger partial charge on any atom is 0.243 e. The van der Waals surface area contributed by atoms with Crippen LogP contribution in [0.25, 0.3) is 0 Å². The predicted octanol–water partition coefficient (Wildman–Crippen LogP) is 1.59. The Morgan fingerprint density at radius 2 is 2.15 bits per heavy atom. The van der Waals surface area contributed by atoms with Crippen molar-refractivity contribution < 1.29 is 13.5 Å². The lowest BCUT2D eigenvalue weighted by atomic mass is 10.2. The van der Waals surface area contributed by atoms with E-state index in [1.54, 1.807) is 28.6 Å². The molecule has 0 radical (unpaired) electrons. The third-order valence-corrected chi connectivity index (χ3v) is 5.20. The molecule has 1 aliphatic rings. The van der Waals surface area contributed by atoms with Crippen LogP contribution < -0.4 is 0 Å². The summed E-state index contributed by atoms with van der Waals surface area (Å²) in [6.45, 7) is 2.37. The van der Waals surface area contributed by atoms with Crippen molar-refractivity contribution in [1.29, 1.82) is 0 Å². The molecule has 4 nitrogen and oxygen atoms in total. The Hall–Kier alpha value is -1.35. The quantitative estimate of drug-likeness (QED) is 0.839.